The van der Waals surface area contributed by atoms with Crippen LogP contribution in [0.3, 0.4) is 0 Å². The van der Waals surface area contributed by atoms with Crippen LogP contribution >= 0.6 is 0 Å². The van der Waals surface area contributed by atoms with Gasteiger partial charge in [0.2, 0.25) is 0 Å². The summed E-state index contributed by atoms with van der Waals surface area (Å²) >= 11 is 0. The van der Waals surface area contributed by atoms with Crippen molar-refractivity contribution >= 4 is 28.6 Å². The zero-order chi connectivity index (χ0) is 36.1. The van der Waals surface area contributed by atoms with Crippen LogP contribution in [0.1, 0.15) is 74.1 Å². The van der Waals surface area contributed by atoms with Crippen molar-refractivity contribution in [3.8, 4) is 11.3 Å². The Hall–Kier alpha value is -4.57. The number of imidazole rings is 1. The summed E-state index contributed by atoms with van der Waals surface area (Å²) in [6.45, 7) is 6.54. The molecule has 1 aromatic heterocycles. The number of ether oxygens (including phenoxy) is 1. The van der Waals surface area contributed by atoms with E-state index in [4.69, 9.17) is 9.72 Å². The smallest absolute Gasteiger partial charge is 0.410 e. The lowest BCUT2D eigenvalue weighted by atomic mass is 9.89. The van der Waals surface area contributed by atoms with Crippen LogP contribution in [-0.2, 0) is 33.2 Å². The lowest BCUT2D eigenvalue weighted by Gasteiger charge is -2.41. The van der Waals surface area contributed by atoms with Crippen LogP contribution in [0.4, 0.5) is 4.79 Å². The number of Topliss-reactive ketones (excluding diaryl/α,β-unsaturated/α-hetero) is 1. The highest BCUT2D eigenvalue weighted by atomic mass is 32.2. The van der Waals surface area contributed by atoms with E-state index in [1.807, 2.05) is 115 Å². The van der Waals surface area contributed by atoms with Gasteiger partial charge in [0.1, 0.15) is 5.60 Å². The first-order valence-electron chi connectivity index (χ1n) is 17.9. The normalized spacial score (nSPS) is 20.5. The monoisotopic (exact) mass is 708 g/mol. The minimum atomic E-state index is -1.06. The topological polar surface area (TPSA) is 102 Å². The molecule has 0 spiro atoms. The van der Waals surface area contributed by atoms with Crippen LogP contribution < -0.4 is 0 Å². The third-order valence-electron chi connectivity index (χ3n) is 9.84. The first-order chi connectivity index (χ1) is 24.5. The maximum Gasteiger partial charge on any atom is 0.410 e. The number of hydrogen-bond acceptors (Lipinski definition) is 6. The molecule has 1 aliphatic carbocycles. The fraction of sp³-hybridized carbons (Fsp3) is 0.415. The Morgan fingerprint density at radius 1 is 0.863 bits per heavy atom. The third kappa shape index (κ3) is 8.67. The Morgan fingerprint density at radius 2 is 1.51 bits per heavy atom. The van der Waals surface area contributed by atoms with Crippen molar-refractivity contribution < 1.29 is 23.3 Å². The first-order valence-corrected chi connectivity index (χ1v) is 19.5. The van der Waals surface area contributed by atoms with Crippen molar-refractivity contribution in [2.75, 3.05) is 25.9 Å². The zero-order valence-corrected chi connectivity index (χ0v) is 30.8. The molecule has 4 atom stereocenters. The minimum Gasteiger partial charge on any atom is -0.444 e. The molecule has 9 nitrogen and oxygen atoms in total. The van der Waals surface area contributed by atoms with E-state index in [1.54, 1.807) is 17.5 Å². The van der Waals surface area contributed by atoms with Crippen LogP contribution in [0.25, 0.3) is 11.3 Å². The predicted molar refractivity (Wildman–Crippen MR) is 199 cm³/mol. The summed E-state index contributed by atoms with van der Waals surface area (Å²) in [6.07, 6.45) is 7.40. The largest absolute Gasteiger partial charge is 0.444 e. The number of nitrogens with zero attached hydrogens (tertiary/aromatic N) is 4. The van der Waals surface area contributed by atoms with Gasteiger partial charge in [-0.3, -0.25) is 13.8 Å². The number of carbonyl (C=O) groups excluding carboxylic acids is 3. The van der Waals surface area contributed by atoms with Gasteiger partial charge >= 0.3 is 6.09 Å². The van der Waals surface area contributed by atoms with Gasteiger partial charge in [0.05, 0.1) is 24.1 Å². The lowest BCUT2D eigenvalue weighted by molar-refractivity contribution is -0.126. The second-order valence-electron chi connectivity index (χ2n) is 14.7. The first kappa shape index (κ1) is 36.2. The highest BCUT2D eigenvalue weighted by Gasteiger charge is 2.38. The van der Waals surface area contributed by atoms with Crippen molar-refractivity contribution in [3.63, 3.8) is 0 Å². The van der Waals surface area contributed by atoms with Crippen LogP contribution in [-0.4, -0.2) is 78.9 Å². The van der Waals surface area contributed by atoms with Crippen molar-refractivity contribution in [2.24, 2.45) is 5.92 Å². The van der Waals surface area contributed by atoms with Gasteiger partial charge in [0, 0.05) is 53.1 Å². The molecule has 51 heavy (non-hydrogen) atoms. The number of benzene rings is 3. The van der Waals surface area contributed by atoms with E-state index in [2.05, 4.69) is 0 Å². The molecular formula is C41H48N4O5S. The number of hydrogen-bond donors (Lipinski definition) is 0. The molecule has 1 saturated carbocycles. The molecule has 0 N–H and O–H groups in total. The SMILES string of the molecule is CS(=O)c1ccc(CC2CCCCC(n3cnc(C(=O)N4CCN(C(=O)OC(C)(C)C)C[C@H]4Cc4ccccc4)c3-c3ccccc3)C2=O)cc1. The summed E-state index contributed by atoms with van der Waals surface area (Å²) < 4.78 is 19.6. The second-order valence-corrected chi connectivity index (χ2v) is 16.1. The highest BCUT2D eigenvalue weighted by Crippen LogP contribution is 2.36. The molecule has 3 unspecified atom stereocenters. The summed E-state index contributed by atoms with van der Waals surface area (Å²) in [5.74, 6) is -0.252. The van der Waals surface area contributed by atoms with Gasteiger partial charge in [0.25, 0.3) is 5.91 Å². The van der Waals surface area contributed by atoms with E-state index in [9.17, 15) is 18.6 Å². The van der Waals surface area contributed by atoms with E-state index in [1.165, 1.54) is 0 Å². The Bertz CT molecular complexity index is 1850. The van der Waals surface area contributed by atoms with E-state index in [0.29, 0.717) is 50.3 Å². The second kappa shape index (κ2) is 15.8. The summed E-state index contributed by atoms with van der Waals surface area (Å²) in [6, 6.07) is 26.6. The van der Waals surface area contributed by atoms with E-state index in [0.717, 1.165) is 40.8 Å². The third-order valence-corrected chi connectivity index (χ3v) is 10.8. The van der Waals surface area contributed by atoms with Gasteiger partial charge in [-0.2, -0.15) is 0 Å². The van der Waals surface area contributed by atoms with Gasteiger partial charge in [-0.1, -0.05) is 85.6 Å². The van der Waals surface area contributed by atoms with E-state index < -0.39 is 22.4 Å². The molecule has 2 aliphatic rings. The number of amides is 2. The molecule has 3 aromatic carbocycles. The standard InChI is InChI=1S/C41H48N4O5S/c1-41(2,3)50-40(48)43-23-24-44(33(27-43)26-29-13-7-5-8-14-29)39(47)36-37(31-15-9-6-10-16-31)45(28-42-36)35-18-12-11-17-32(38(35)46)25-30-19-21-34(22-20-30)51(4)49/h5-10,13-16,19-22,28,32-33,35H,11-12,17-18,23-27H2,1-4H3/t32?,33-,35?,51?/m1/s1. The molecule has 10 heteroatoms. The van der Waals surface area contributed by atoms with E-state index >= 15 is 0 Å². The number of rotatable bonds is 8. The molecule has 1 aliphatic heterocycles. The summed E-state index contributed by atoms with van der Waals surface area (Å²) in [4.78, 5) is 51.4. The molecule has 4 aromatic rings. The highest BCUT2D eigenvalue weighted by molar-refractivity contribution is 7.84. The number of aromatic nitrogens is 2. The minimum absolute atomic E-state index is 0.150. The maximum absolute atomic E-state index is 14.7. The Balaban J connectivity index is 1.32. The fourth-order valence-electron chi connectivity index (χ4n) is 7.31. The number of piperazine rings is 1. The van der Waals surface area contributed by atoms with Crippen molar-refractivity contribution in [2.45, 2.75) is 81.9 Å². The Kier molecular flexibility index (Phi) is 11.2. The summed E-state index contributed by atoms with van der Waals surface area (Å²) in [7, 11) is -1.06. The zero-order valence-electron chi connectivity index (χ0n) is 30.0. The van der Waals surface area contributed by atoms with Gasteiger partial charge in [0.15, 0.2) is 11.5 Å². The Labute approximate surface area is 303 Å². The quantitative estimate of drug-likeness (QED) is 0.181. The molecular weight excluding hydrogens is 661 g/mol. The molecule has 2 heterocycles. The predicted octanol–water partition coefficient (Wildman–Crippen LogP) is 7.13. The summed E-state index contributed by atoms with van der Waals surface area (Å²) in [5.41, 5.74) is 3.24. The molecule has 2 fully saturated rings. The van der Waals surface area contributed by atoms with Crippen LogP contribution in [0.2, 0.25) is 0 Å². The summed E-state index contributed by atoms with van der Waals surface area (Å²) in [5, 5.41) is 0. The molecule has 0 radical (unpaired) electrons. The maximum atomic E-state index is 14.7. The van der Waals surface area contributed by atoms with Gasteiger partial charge in [-0.15, -0.1) is 0 Å². The number of ketones is 1. The van der Waals surface area contributed by atoms with Crippen LogP contribution in [0.5, 0.6) is 0 Å². The van der Waals surface area contributed by atoms with Gasteiger partial charge in [-0.25, -0.2) is 9.78 Å². The van der Waals surface area contributed by atoms with Crippen LogP contribution in [0.15, 0.2) is 96.2 Å². The van der Waals surface area contributed by atoms with Crippen LogP contribution in [0, 0.1) is 5.92 Å². The average molecular weight is 709 g/mol. The lowest BCUT2D eigenvalue weighted by Crippen LogP contribution is -2.58. The molecule has 2 amide bonds. The van der Waals surface area contributed by atoms with Crippen molar-refractivity contribution in [1.29, 1.82) is 0 Å². The Morgan fingerprint density at radius 3 is 2.18 bits per heavy atom. The molecule has 0 bridgehead atoms. The fourth-order valence-corrected chi connectivity index (χ4v) is 7.83. The molecule has 268 valence electrons. The van der Waals surface area contributed by atoms with Gasteiger partial charge < -0.3 is 19.1 Å². The molecule has 1 saturated heterocycles. The van der Waals surface area contributed by atoms with Crippen molar-refractivity contribution in [3.05, 3.63) is 108 Å². The molecule has 6 rings (SSSR count). The number of carbonyl (C=O) groups is 3. The van der Waals surface area contributed by atoms with E-state index in [-0.39, 0.29) is 29.7 Å². The van der Waals surface area contributed by atoms with Gasteiger partial charge in [-0.05, 0) is 69.7 Å². The average Bonchev–Trinajstić information content (AvgIpc) is 3.47. The van der Waals surface area contributed by atoms with Crippen molar-refractivity contribution in [1.82, 2.24) is 19.4 Å².